The smallest absolute Gasteiger partial charge is 0.336 e. The molecule has 0 spiro atoms. The Morgan fingerprint density at radius 3 is 2.48 bits per heavy atom. The number of nitrogens with zero attached hydrogens (tertiary/aromatic N) is 1. The number of para-hydroxylation sites is 2. The summed E-state index contributed by atoms with van der Waals surface area (Å²) in [5, 5.41) is 2.25. The fraction of sp³-hybridized carbons (Fsp3) is 0.0800. The molecule has 3 aromatic carbocycles. The number of benzene rings is 3. The van der Waals surface area contributed by atoms with Crippen molar-refractivity contribution in [3.05, 3.63) is 89.0 Å². The van der Waals surface area contributed by atoms with E-state index in [0.29, 0.717) is 5.75 Å². The summed E-state index contributed by atoms with van der Waals surface area (Å²) in [5.74, 6) is -1.05. The molecule has 0 radical (unpaired) electrons. The molecule has 3 aromatic rings. The van der Waals surface area contributed by atoms with E-state index in [9.17, 15) is 14.4 Å². The van der Waals surface area contributed by atoms with Gasteiger partial charge in [0.15, 0.2) is 0 Å². The number of amides is 4. The van der Waals surface area contributed by atoms with Crippen LogP contribution in [0.5, 0.6) is 5.75 Å². The van der Waals surface area contributed by atoms with E-state index in [4.69, 9.17) is 4.74 Å². The lowest BCUT2D eigenvalue weighted by atomic mass is 10.0. The van der Waals surface area contributed by atoms with E-state index < -0.39 is 17.8 Å². The number of imide groups is 2. The maximum Gasteiger partial charge on any atom is 0.336 e. The first-order chi connectivity index (χ1) is 15.1. The van der Waals surface area contributed by atoms with Gasteiger partial charge in [-0.2, -0.15) is 0 Å². The van der Waals surface area contributed by atoms with Crippen LogP contribution in [0.25, 0.3) is 17.2 Å². The molecule has 4 amide bonds. The van der Waals surface area contributed by atoms with E-state index in [2.05, 4.69) is 17.4 Å². The van der Waals surface area contributed by atoms with Gasteiger partial charge in [0.1, 0.15) is 11.3 Å². The lowest BCUT2D eigenvalue weighted by molar-refractivity contribution is -0.122. The number of anilines is 1. The zero-order chi connectivity index (χ0) is 21.5. The molecular formula is C25H18N2O4. The molecule has 1 heterocycles. The van der Waals surface area contributed by atoms with Gasteiger partial charge >= 0.3 is 6.03 Å². The molecule has 31 heavy (non-hydrogen) atoms. The predicted octanol–water partition coefficient (Wildman–Crippen LogP) is 3.93. The largest absolute Gasteiger partial charge is 0.495 e. The molecule has 1 N–H and O–H groups in total. The number of carbonyl (C=O) groups is 3. The van der Waals surface area contributed by atoms with Gasteiger partial charge < -0.3 is 4.74 Å². The Morgan fingerprint density at radius 2 is 1.65 bits per heavy atom. The van der Waals surface area contributed by atoms with Crippen molar-refractivity contribution in [3.63, 3.8) is 0 Å². The summed E-state index contributed by atoms with van der Waals surface area (Å²) < 4.78 is 5.28. The molecule has 6 heteroatoms. The van der Waals surface area contributed by atoms with Gasteiger partial charge in [-0.1, -0.05) is 54.6 Å². The predicted molar refractivity (Wildman–Crippen MR) is 117 cm³/mol. The van der Waals surface area contributed by atoms with Crippen LogP contribution >= 0.6 is 0 Å². The van der Waals surface area contributed by atoms with Gasteiger partial charge in [-0.25, -0.2) is 9.69 Å². The highest BCUT2D eigenvalue weighted by molar-refractivity contribution is 6.39. The summed E-state index contributed by atoms with van der Waals surface area (Å²) in [6.07, 6.45) is 2.32. The van der Waals surface area contributed by atoms with Crippen molar-refractivity contribution in [1.29, 1.82) is 0 Å². The quantitative estimate of drug-likeness (QED) is 0.410. The number of methoxy groups -OCH3 is 1. The normalized spacial score (nSPS) is 16.2. The van der Waals surface area contributed by atoms with Crippen LogP contribution in [0.15, 0.2) is 72.3 Å². The van der Waals surface area contributed by atoms with Crippen LogP contribution in [0.4, 0.5) is 10.5 Å². The summed E-state index contributed by atoms with van der Waals surface area (Å²) >= 11 is 0. The third-order valence-electron chi connectivity index (χ3n) is 5.56. The summed E-state index contributed by atoms with van der Waals surface area (Å²) in [5.41, 5.74) is 5.63. The van der Waals surface area contributed by atoms with E-state index in [1.165, 1.54) is 24.3 Å². The number of hydrogen-bond acceptors (Lipinski definition) is 4. The number of carbonyl (C=O) groups excluding carboxylic acids is 3. The molecule has 6 nitrogen and oxygen atoms in total. The van der Waals surface area contributed by atoms with Gasteiger partial charge in [-0.05, 0) is 52.4 Å². The first kappa shape index (κ1) is 18.8. The van der Waals surface area contributed by atoms with Gasteiger partial charge in [0.25, 0.3) is 11.8 Å². The first-order valence-electron chi connectivity index (χ1n) is 9.82. The molecule has 0 saturated carbocycles. The number of fused-ring (bicyclic) bond motifs is 3. The fourth-order valence-electron chi connectivity index (χ4n) is 4.11. The molecule has 0 bridgehead atoms. The van der Waals surface area contributed by atoms with Gasteiger partial charge in [-0.3, -0.25) is 14.9 Å². The minimum atomic E-state index is -0.805. The number of urea groups is 1. The highest BCUT2D eigenvalue weighted by Crippen LogP contribution is 2.37. The van der Waals surface area contributed by atoms with Crippen LogP contribution in [0.3, 0.4) is 0 Å². The minimum absolute atomic E-state index is 0.110. The number of nitrogens with one attached hydrogen (secondary N) is 1. The summed E-state index contributed by atoms with van der Waals surface area (Å²) in [7, 11) is 1.45. The Hall–Kier alpha value is -4.19. The molecule has 0 aromatic heterocycles. The van der Waals surface area contributed by atoms with Crippen molar-refractivity contribution >= 4 is 29.6 Å². The molecule has 2 aliphatic rings. The fourth-order valence-corrected chi connectivity index (χ4v) is 4.11. The summed E-state index contributed by atoms with van der Waals surface area (Å²) in [4.78, 5) is 39.0. The Balaban J connectivity index is 1.53. The Labute approximate surface area is 178 Å². The highest BCUT2D eigenvalue weighted by atomic mass is 16.5. The van der Waals surface area contributed by atoms with Gasteiger partial charge in [0.2, 0.25) is 0 Å². The molecule has 0 atom stereocenters. The summed E-state index contributed by atoms with van der Waals surface area (Å²) in [6.45, 7) is 0. The van der Waals surface area contributed by atoms with Crippen LogP contribution in [0.1, 0.15) is 16.7 Å². The van der Waals surface area contributed by atoms with Crippen LogP contribution in [0.2, 0.25) is 0 Å². The van der Waals surface area contributed by atoms with E-state index in [0.717, 1.165) is 28.0 Å². The van der Waals surface area contributed by atoms with Gasteiger partial charge in [0.05, 0.1) is 12.8 Å². The molecule has 1 fully saturated rings. The highest BCUT2D eigenvalue weighted by Gasteiger charge is 2.38. The standard InChI is InChI=1S/C25H18N2O4/c1-31-22-9-5-4-8-21(22)27-24(29)20(23(28)26-25(27)30)13-15-10-11-19-17(12-15)14-16-6-2-3-7-18(16)19/h2-13H,14H2,1H3,(H,26,28,30). The molecule has 5 rings (SSSR count). The number of hydrogen-bond donors (Lipinski definition) is 1. The van der Waals surface area contributed by atoms with Crippen LogP contribution in [-0.2, 0) is 16.0 Å². The van der Waals surface area contributed by atoms with Crippen LogP contribution in [0, 0.1) is 0 Å². The van der Waals surface area contributed by atoms with Crippen molar-refractivity contribution < 1.29 is 19.1 Å². The van der Waals surface area contributed by atoms with E-state index in [1.54, 1.807) is 24.3 Å². The van der Waals surface area contributed by atoms with Crippen LogP contribution in [-0.4, -0.2) is 25.0 Å². The van der Waals surface area contributed by atoms with Gasteiger partial charge in [-0.15, -0.1) is 0 Å². The molecule has 1 aliphatic carbocycles. The first-order valence-corrected chi connectivity index (χ1v) is 9.82. The average molecular weight is 410 g/mol. The SMILES string of the molecule is COc1ccccc1N1C(=O)NC(=O)C(=Cc2ccc3c(c2)Cc2ccccc2-3)C1=O. The Morgan fingerprint density at radius 1 is 0.903 bits per heavy atom. The van der Waals surface area contributed by atoms with E-state index >= 15 is 0 Å². The van der Waals surface area contributed by atoms with Crippen molar-refractivity contribution in [2.75, 3.05) is 12.0 Å². The lowest BCUT2D eigenvalue weighted by Gasteiger charge is -2.27. The third kappa shape index (κ3) is 3.09. The van der Waals surface area contributed by atoms with Crippen molar-refractivity contribution in [2.24, 2.45) is 0 Å². The third-order valence-corrected chi connectivity index (χ3v) is 5.56. The number of barbiturate groups is 1. The van der Waals surface area contributed by atoms with Crippen molar-refractivity contribution in [3.8, 4) is 16.9 Å². The van der Waals surface area contributed by atoms with Crippen molar-refractivity contribution in [1.82, 2.24) is 5.32 Å². The monoisotopic (exact) mass is 410 g/mol. The maximum absolute atomic E-state index is 13.2. The molecule has 1 saturated heterocycles. The Bertz CT molecular complexity index is 1290. The zero-order valence-electron chi connectivity index (χ0n) is 16.7. The molecule has 0 unspecified atom stereocenters. The molecular weight excluding hydrogens is 392 g/mol. The van der Waals surface area contributed by atoms with Crippen molar-refractivity contribution in [2.45, 2.75) is 6.42 Å². The summed E-state index contributed by atoms with van der Waals surface area (Å²) in [6, 6.07) is 19.9. The van der Waals surface area contributed by atoms with E-state index in [1.807, 2.05) is 30.3 Å². The topological polar surface area (TPSA) is 75.7 Å². The van der Waals surface area contributed by atoms with E-state index in [-0.39, 0.29) is 11.3 Å². The average Bonchev–Trinajstić information content (AvgIpc) is 3.14. The minimum Gasteiger partial charge on any atom is -0.495 e. The molecule has 152 valence electrons. The Kier molecular flexibility index (Phi) is 4.40. The second kappa shape index (κ2) is 7.25. The second-order valence-corrected chi connectivity index (χ2v) is 7.38. The van der Waals surface area contributed by atoms with Crippen LogP contribution < -0.4 is 15.0 Å². The lowest BCUT2D eigenvalue weighted by Crippen LogP contribution is -2.54. The zero-order valence-corrected chi connectivity index (χ0v) is 16.7. The maximum atomic E-state index is 13.2. The number of rotatable bonds is 3. The number of ether oxygens (including phenoxy) is 1. The van der Waals surface area contributed by atoms with Gasteiger partial charge in [0, 0.05) is 0 Å². The molecule has 1 aliphatic heterocycles. The second-order valence-electron chi connectivity index (χ2n) is 7.38.